The lowest BCUT2D eigenvalue weighted by Gasteiger charge is -2.29. The minimum Gasteiger partial charge on any atom is -0.399 e. The first kappa shape index (κ1) is 20.2. The van der Waals surface area contributed by atoms with E-state index in [4.69, 9.17) is 16.6 Å². The zero-order chi connectivity index (χ0) is 20.0. The molecule has 0 saturated carbocycles. The summed E-state index contributed by atoms with van der Waals surface area (Å²) in [6, 6.07) is 12.9. The lowest BCUT2D eigenvalue weighted by Crippen LogP contribution is -2.59. The Hall–Kier alpha value is -3.14. The van der Waals surface area contributed by atoms with Crippen molar-refractivity contribution in [2.24, 2.45) is 5.73 Å². The van der Waals surface area contributed by atoms with Gasteiger partial charge in [0.1, 0.15) is 12.6 Å². The standard InChI is InChI=1S/C21H23N3O3/c1-21(2,23)19(18(26)13-25)24-20(27)16-9-5-14(6-10-16)3-4-15-7-11-17(22)12-8-15/h5-12,19,25H,13,22-23H2,1-2H3,(H,24,27). The highest BCUT2D eigenvalue weighted by atomic mass is 16.3. The predicted octanol–water partition coefficient (Wildman–Crippen LogP) is 1.07. The second-order valence-electron chi connectivity index (χ2n) is 6.80. The highest BCUT2D eigenvalue weighted by molar-refractivity contribution is 5.98. The van der Waals surface area contributed by atoms with Crippen molar-refractivity contribution in [2.45, 2.75) is 25.4 Å². The van der Waals surface area contributed by atoms with Gasteiger partial charge in [-0.15, -0.1) is 0 Å². The molecular formula is C21H23N3O3. The molecule has 27 heavy (non-hydrogen) atoms. The van der Waals surface area contributed by atoms with Crippen LogP contribution in [-0.2, 0) is 4.79 Å². The fourth-order valence-corrected chi connectivity index (χ4v) is 2.40. The molecule has 0 heterocycles. The number of hydrogen-bond acceptors (Lipinski definition) is 5. The second-order valence-corrected chi connectivity index (χ2v) is 6.80. The number of carbonyl (C=O) groups excluding carboxylic acids is 2. The molecule has 0 saturated heterocycles. The normalized spacial score (nSPS) is 11.9. The van der Waals surface area contributed by atoms with Crippen LogP contribution in [0.25, 0.3) is 0 Å². The Bertz CT molecular complexity index is 870. The summed E-state index contributed by atoms with van der Waals surface area (Å²) in [4.78, 5) is 24.2. The van der Waals surface area contributed by atoms with Crippen LogP contribution in [0.4, 0.5) is 5.69 Å². The number of anilines is 1. The third kappa shape index (κ3) is 5.68. The van der Waals surface area contributed by atoms with Crippen molar-refractivity contribution in [2.75, 3.05) is 12.3 Å². The number of nitrogen functional groups attached to an aromatic ring is 1. The van der Waals surface area contributed by atoms with Gasteiger partial charge in [-0.1, -0.05) is 11.8 Å². The number of aliphatic hydroxyl groups is 1. The van der Waals surface area contributed by atoms with E-state index in [1.54, 1.807) is 50.2 Å². The maximum atomic E-state index is 12.4. The Balaban J connectivity index is 2.11. The summed E-state index contributed by atoms with van der Waals surface area (Å²) in [5.41, 5.74) is 13.2. The average Bonchev–Trinajstić information content (AvgIpc) is 2.64. The number of benzene rings is 2. The van der Waals surface area contributed by atoms with Gasteiger partial charge >= 0.3 is 0 Å². The van der Waals surface area contributed by atoms with Gasteiger partial charge in [0.05, 0.1) is 0 Å². The van der Waals surface area contributed by atoms with Crippen LogP contribution in [-0.4, -0.2) is 35.0 Å². The van der Waals surface area contributed by atoms with Gasteiger partial charge in [0, 0.05) is 27.9 Å². The molecule has 140 valence electrons. The summed E-state index contributed by atoms with van der Waals surface area (Å²) in [5.74, 6) is 5.04. The van der Waals surface area contributed by atoms with Crippen LogP contribution in [0.3, 0.4) is 0 Å². The molecule has 6 nitrogen and oxygen atoms in total. The molecule has 0 fully saturated rings. The summed E-state index contributed by atoms with van der Waals surface area (Å²) >= 11 is 0. The first-order valence-electron chi connectivity index (χ1n) is 8.41. The fourth-order valence-electron chi connectivity index (χ4n) is 2.40. The molecule has 0 aliphatic rings. The van der Waals surface area contributed by atoms with Crippen molar-refractivity contribution in [1.82, 2.24) is 5.32 Å². The van der Waals surface area contributed by atoms with Gasteiger partial charge in [0.25, 0.3) is 5.91 Å². The first-order chi connectivity index (χ1) is 12.7. The smallest absolute Gasteiger partial charge is 0.251 e. The molecule has 0 aromatic heterocycles. The molecule has 2 aromatic rings. The molecule has 0 radical (unpaired) electrons. The third-order valence-corrected chi connectivity index (χ3v) is 3.91. The Morgan fingerprint density at radius 1 is 1.04 bits per heavy atom. The summed E-state index contributed by atoms with van der Waals surface area (Å²) in [6.45, 7) is 2.54. The molecule has 0 aliphatic heterocycles. The number of ketones is 1. The number of Topliss-reactive ketones (excluding diaryl/α,β-unsaturated/α-hetero) is 1. The van der Waals surface area contributed by atoms with Crippen molar-refractivity contribution in [3.8, 4) is 11.8 Å². The van der Waals surface area contributed by atoms with Crippen molar-refractivity contribution in [3.05, 3.63) is 65.2 Å². The van der Waals surface area contributed by atoms with E-state index < -0.39 is 29.9 Å². The summed E-state index contributed by atoms with van der Waals surface area (Å²) in [6.07, 6.45) is 0. The summed E-state index contributed by atoms with van der Waals surface area (Å²) in [5, 5.41) is 11.7. The highest BCUT2D eigenvalue weighted by Crippen LogP contribution is 2.10. The van der Waals surface area contributed by atoms with Gasteiger partial charge in [-0.2, -0.15) is 0 Å². The van der Waals surface area contributed by atoms with E-state index in [0.29, 0.717) is 11.3 Å². The topological polar surface area (TPSA) is 118 Å². The number of nitrogens with two attached hydrogens (primary N) is 2. The number of carbonyl (C=O) groups is 2. The van der Waals surface area contributed by atoms with Crippen molar-refractivity contribution < 1.29 is 14.7 Å². The van der Waals surface area contributed by atoms with E-state index in [-0.39, 0.29) is 0 Å². The van der Waals surface area contributed by atoms with Gasteiger partial charge in [-0.25, -0.2) is 0 Å². The van der Waals surface area contributed by atoms with Crippen LogP contribution in [0, 0.1) is 11.8 Å². The first-order valence-corrected chi connectivity index (χ1v) is 8.41. The molecule has 6 heteroatoms. The van der Waals surface area contributed by atoms with Gasteiger partial charge in [0.2, 0.25) is 0 Å². The van der Waals surface area contributed by atoms with E-state index in [9.17, 15) is 9.59 Å². The number of hydrogen-bond donors (Lipinski definition) is 4. The average molecular weight is 365 g/mol. The number of aliphatic hydroxyl groups excluding tert-OH is 1. The third-order valence-electron chi connectivity index (χ3n) is 3.91. The van der Waals surface area contributed by atoms with Crippen LogP contribution in [0.1, 0.15) is 35.3 Å². The van der Waals surface area contributed by atoms with Crippen LogP contribution in [0.15, 0.2) is 48.5 Å². The summed E-state index contributed by atoms with van der Waals surface area (Å²) in [7, 11) is 0. The van der Waals surface area contributed by atoms with Gasteiger partial charge < -0.3 is 21.9 Å². The molecule has 1 atom stereocenters. The molecule has 0 spiro atoms. The Kier molecular flexibility index (Phi) is 6.35. The molecule has 1 amide bonds. The fraction of sp³-hybridized carbons (Fsp3) is 0.238. The van der Waals surface area contributed by atoms with Crippen LogP contribution < -0.4 is 16.8 Å². The van der Waals surface area contributed by atoms with E-state index in [0.717, 1.165) is 11.1 Å². The van der Waals surface area contributed by atoms with Crippen molar-refractivity contribution in [3.63, 3.8) is 0 Å². The quantitative estimate of drug-likeness (QED) is 0.467. The van der Waals surface area contributed by atoms with Crippen LogP contribution >= 0.6 is 0 Å². The Morgan fingerprint density at radius 3 is 1.96 bits per heavy atom. The molecule has 2 rings (SSSR count). The van der Waals surface area contributed by atoms with Crippen LogP contribution in [0.5, 0.6) is 0 Å². The highest BCUT2D eigenvalue weighted by Gasteiger charge is 2.32. The minimum atomic E-state index is -1.00. The largest absolute Gasteiger partial charge is 0.399 e. The van der Waals surface area contributed by atoms with E-state index in [1.165, 1.54) is 0 Å². The van der Waals surface area contributed by atoms with Gasteiger partial charge in [-0.3, -0.25) is 9.59 Å². The van der Waals surface area contributed by atoms with Gasteiger partial charge in [0.15, 0.2) is 5.78 Å². The second kappa shape index (κ2) is 8.49. The summed E-state index contributed by atoms with van der Waals surface area (Å²) < 4.78 is 0. The van der Waals surface area contributed by atoms with E-state index >= 15 is 0 Å². The molecule has 2 aromatic carbocycles. The number of nitrogens with one attached hydrogen (secondary N) is 1. The Labute approximate surface area is 158 Å². The predicted molar refractivity (Wildman–Crippen MR) is 105 cm³/mol. The van der Waals surface area contributed by atoms with Gasteiger partial charge in [-0.05, 0) is 62.4 Å². The minimum absolute atomic E-state index is 0.369. The zero-order valence-corrected chi connectivity index (χ0v) is 15.3. The van der Waals surface area contributed by atoms with Crippen LogP contribution in [0.2, 0.25) is 0 Å². The lowest BCUT2D eigenvalue weighted by molar-refractivity contribution is -0.124. The Morgan fingerprint density at radius 2 is 1.52 bits per heavy atom. The van der Waals surface area contributed by atoms with E-state index in [2.05, 4.69) is 17.2 Å². The molecule has 0 bridgehead atoms. The monoisotopic (exact) mass is 365 g/mol. The SMILES string of the molecule is CC(C)(N)C(NC(=O)c1ccc(C#Cc2ccc(N)cc2)cc1)C(=O)CO. The zero-order valence-electron chi connectivity index (χ0n) is 15.3. The number of amides is 1. The number of rotatable bonds is 5. The van der Waals surface area contributed by atoms with Crippen molar-refractivity contribution >= 4 is 17.4 Å². The molecule has 1 unspecified atom stereocenters. The maximum Gasteiger partial charge on any atom is 0.251 e. The lowest BCUT2D eigenvalue weighted by atomic mass is 9.92. The molecular weight excluding hydrogens is 342 g/mol. The van der Waals surface area contributed by atoms with Crippen molar-refractivity contribution in [1.29, 1.82) is 0 Å². The molecule has 6 N–H and O–H groups in total. The van der Waals surface area contributed by atoms with E-state index in [1.807, 2.05) is 12.1 Å². The maximum absolute atomic E-state index is 12.4. The molecule has 0 aliphatic carbocycles.